The van der Waals surface area contributed by atoms with Crippen molar-refractivity contribution in [3.05, 3.63) is 48.3 Å². The number of aromatic nitrogens is 3. The van der Waals surface area contributed by atoms with Gasteiger partial charge in [-0.2, -0.15) is 0 Å². The van der Waals surface area contributed by atoms with Gasteiger partial charge in [-0.1, -0.05) is 0 Å². The summed E-state index contributed by atoms with van der Waals surface area (Å²) in [5.74, 6) is -0.397. The van der Waals surface area contributed by atoms with Crippen LogP contribution in [0.3, 0.4) is 0 Å². The van der Waals surface area contributed by atoms with Gasteiger partial charge in [-0.3, -0.25) is 9.97 Å². The first kappa shape index (κ1) is 14.4. The first-order valence-electron chi connectivity index (χ1n) is 6.82. The summed E-state index contributed by atoms with van der Waals surface area (Å²) in [4.78, 5) is 24.3. The summed E-state index contributed by atoms with van der Waals surface area (Å²) in [6, 6.07) is 3.80. The zero-order valence-corrected chi connectivity index (χ0v) is 12.8. The zero-order chi connectivity index (χ0) is 15.4. The molecule has 0 saturated carbocycles. The number of ether oxygens (including phenoxy) is 1. The maximum absolute atomic E-state index is 11.9. The molecule has 0 amide bonds. The van der Waals surface area contributed by atoms with Crippen molar-refractivity contribution < 1.29 is 9.53 Å². The average molecular weight is 314 g/mol. The van der Waals surface area contributed by atoms with Crippen LogP contribution in [-0.2, 0) is 11.3 Å². The van der Waals surface area contributed by atoms with Crippen molar-refractivity contribution in [1.82, 2.24) is 15.0 Å². The molecule has 112 valence electrons. The van der Waals surface area contributed by atoms with Crippen LogP contribution in [-0.4, -0.2) is 27.5 Å². The first-order valence-corrected chi connectivity index (χ1v) is 7.64. The average Bonchev–Trinajstić information content (AvgIpc) is 2.97. The van der Waals surface area contributed by atoms with E-state index in [9.17, 15) is 4.79 Å². The Balaban J connectivity index is 1.83. The second kappa shape index (κ2) is 6.48. The summed E-state index contributed by atoms with van der Waals surface area (Å²) in [5, 5.41) is 5.03. The molecule has 0 atom stereocenters. The highest BCUT2D eigenvalue weighted by atomic mass is 32.1. The molecule has 0 unspecified atom stereocenters. The van der Waals surface area contributed by atoms with E-state index in [0.29, 0.717) is 18.8 Å². The van der Waals surface area contributed by atoms with E-state index in [1.165, 1.54) is 0 Å². The van der Waals surface area contributed by atoms with E-state index in [1.807, 2.05) is 12.1 Å². The first-order chi connectivity index (χ1) is 10.8. The number of thiophene rings is 1. The van der Waals surface area contributed by atoms with E-state index in [4.69, 9.17) is 4.74 Å². The quantitative estimate of drug-likeness (QED) is 0.730. The molecular weight excluding hydrogens is 300 g/mol. The molecule has 0 spiro atoms. The second-order valence-electron chi connectivity index (χ2n) is 4.45. The fourth-order valence-corrected chi connectivity index (χ4v) is 2.96. The predicted molar refractivity (Wildman–Crippen MR) is 84.9 cm³/mol. The Hall–Kier alpha value is -2.54. The van der Waals surface area contributed by atoms with Crippen molar-refractivity contribution in [1.29, 1.82) is 0 Å². The van der Waals surface area contributed by atoms with E-state index < -0.39 is 5.97 Å². The molecule has 0 aliphatic carbocycles. The van der Waals surface area contributed by atoms with Crippen molar-refractivity contribution in [3.63, 3.8) is 0 Å². The normalized spacial score (nSPS) is 10.6. The zero-order valence-electron chi connectivity index (χ0n) is 11.9. The van der Waals surface area contributed by atoms with E-state index in [1.54, 1.807) is 43.0 Å². The van der Waals surface area contributed by atoms with Crippen LogP contribution in [0.2, 0.25) is 0 Å². The van der Waals surface area contributed by atoms with Gasteiger partial charge < -0.3 is 10.1 Å². The fraction of sp³-hybridized carbons (Fsp3) is 0.200. The maximum atomic E-state index is 11.9. The number of hydrogen-bond donors (Lipinski definition) is 1. The number of rotatable bonds is 5. The fourth-order valence-electron chi connectivity index (χ4n) is 2.01. The molecule has 3 aromatic heterocycles. The molecule has 0 radical (unpaired) electrons. The third-order valence-electron chi connectivity index (χ3n) is 2.97. The minimum absolute atomic E-state index is 0.332. The Morgan fingerprint density at radius 1 is 1.32 bits per heavy atom. The van der Waals surface area contributed by atoms with Gasteiger partial charge in [0.05, 0.1) is 30.0 Å². The molecule has 0 aliphatic heterocycles. The van der Waals surface area contributed by atoms with E-state index in [2.05, 4.69) is 20.3 Å². The number of pyridine rings is 1. The molecule has 3 aromatic rings. The Labute approximate surface area is 131 Å². The van der Waals surface area contributed by atoms with Gasteiger partial charge in [0.25, 0.3) is 0 Å². The Bertz CT molecular complexity index is 789. The monoisotopic (exact) mass is 314 g/mol. The van der Waals surface area contributed by atoms with Crippen LogP contribution in [0, 0.1) is 0 Å². The molecule has 22 heavy (non-hydrogen) atoms. The van der Waals surface area contributed by atoms with Crippen molar-refractivity contribution in [3.8, 4) is 0 Å². The number of anilines is 1. The molecule has 0 bridgehead atoms. The van der Waals surface area contributed by atoms with Crippen LogP contribution in [0.15, 0.2) is 36.9 Å². The molecule has 0 saturated heterocycles. The van der Waals surface area contributed by atoms with Crippen molar-refractivity contribution in [2.45, 2.75) is 13.5 Å². The highest BCUT2D eigenvalue weighted by Crippen LogP contribution is 2.31. The smallest absolute Gasteiger partial charge is 0.357 e. The molecule has 1 N–H and O–H groups in total. The third kappa shape index (κ3) is 3.04. The van der Waals surface area contributed by atoms with Crippen LogP contribution in [0.25, 0.3) is 10.1 Å². The van der Waals surface area contributed by atoms with Gasteiger partial charge in [-0.15, -0.1) is 11.3 Å². The summed E-state index contributed by atoms with van der Waals surface area (Å²) in [6.45, 7) is 2.68. The lowest BCUT2D eigenvalue weighted by atomic mass is 10.2. The topological polar surface area (TPSA) is 77.0 Å². The van der Waals surface area contributed by atoms with Gasteiger partial charge in [0.1, 0.15) is 0 Å². The number of nitrogens with one attached hydrogen (secondary N) is 1. The van der Waals surface area contributed by atoms with Crippen LogP contribution in [0.4, 0.5) is 5.00 Å². The number of carbonyl (C=O) groups excluding carboxylic acids is 1. The van der Waals surface area contributed by atoms with Gasteiger partial charge in [-0.05, 0) is 19.1 Å². The molecule has 3 heterocycles. The van der Waals surface area contributed by atoms with Gasteiger partial charge in [-0.25, -0.2) is 9.78 Å². The van der Waals surface area contributed by atoms with Gasteiger partial charge in [0, 0.05) is 28.7 Å². The number of hydrogen-bond acceptors (Lipinski definition) is 7. The summed E-state index contributed by atoms with van der Waals surface area (Å²) < 4.78 is 6.02. The Morgan fingerprint density at radius 3 is 3.00 bits per heavy atom. The molecule has 6 nitrogen and oxygen atoms in total. The lowest BCUT2D eigenvalue weighted by Gasteiger charge is -2.01. The van der Waals surface area contributed by atoms with E-state index in [0.717, 1.165) is 20.8 Å². The molecule has 0 aromatic carbocycles. The lowest BCUT2D eigenvalue weighted by Crippen LogP contribution is -2.06. The number of esters is 1. The molecule has 3 rings (SSSR count). The second-order valence-corrected chi connectivity index (χ2v) is 5.54. The van der Waals surface area contributed by atoms with Crippen molar-refractivity contribution >= 4 is 32.4 Å². The van der Waals surface area contributed by atoms with Crippen LogP contribution in [0.1, 0.15) is 23.1 Å². The summed E-state index contributed by atoms with van der Waals surface area (Å²) in [5.41, 5.74) is 1.20. The highest BCUT2D eigenvalue weighted by molar-refractivity contribution is 7.22. The minimum Gasteiger partial charge on any atom is -0.461 e. The van der Waals surface area contributed by atoms with E-state index in [-0.39, 0.29) is 0 Å². The number of carbonyl (C=O) groups is 1. The van der Waals surface area contributed by atoms with Crippen LogP contribution >= 0.6 is 11.3 Å². The van der Waals surface area contributed by atoms with Crippen molar-refractivity contribution in [2.75, 3.05) is 11.9 Å². The Morgan fingerprint density at radius 2 is 2.23 bits per heavy atom. The molecule has 7 heteroatoms. The minimum atomic E-state index is -0.397. The SMILES string of the molecule is CCOC(=O)c1nccc2sc(NCc3cnccn3)cc12. The van der Waals surface area contributed by atoms with Gasteiger partial charge in [0.2, 0.25) is 0 Å². The van der Waals surface area contributed by atoms with Crippen molar-refractivity contribution in [2.24, 2.45) is 0 Å². The summed E-state index contributed by atoms with van der Waals surface area (Å²) in [6.07, 6.45) is 6.63. The van der Waals surface area contributed by atoms with Crippen LogP contribution < -0.4 is 5.32 Å². The summed E-state index contributed by atoms with van der Waals surface area (Å²) in [7, 11) is 0. The number of nitrogens with zero attached hydrogens (tertiary/aromatic N) is 3. The molecule has 0 fully saturated rings. The predicted octanol–water partition coefficient (Wildman–Crippen LogP) is 2.88. The standard InChI is InChI=1S/C15H14N4O2S/c1-2-21-15(20)14-11-7-13(22-12(11)3-4-18-14)19-9-10-8-16-5-6-17-10/h3-8,19H,2,9H2,1H3. The number of fused-ring (bicyclic) bond motifs is 1. The highest BCUT2D eigenvalue weighted by Gasteiger charge is 2.15. The maximum Gasteiger partial charge on any atom is 0.357 e. The van der Waals surface area contributed by atoms with Gasteiger partial charge in [0.15, 0.2) is 5.69 Å². The molecule has 0 aliphatic rings. The third-order valence-corrected chi connectivity index (χ3v) is 4.03. The van der Waals surface area contributed by atoms with Gasteiger partial charge >= 0.3 is 5.97 Å². The summed E-state index contributed by atoms with van der Waals surface area (Å²) >= 11 is 1.56. The molecular formula is C15H14N4O2S. The lowest BCUT2D eigenvalue weighted by molar-refractivity contribution is 0.0522. The van der Waals surface area contributed by atoms with Crippen LogP contribution in [0.5, 0.6) is 0 Å². The largest absolute Gasteiger partial charge is 0.461 e. The Kier molecular flexibility index (Phi) is 4.24. The van der Waals surface area contributed by atoms with E-state index >= 15 is 0 Å².